The van der Waals surface area contributed by atoms with Gasteiger partial charge in [0.05, 0.1) is 108 Å². The second-order valence-electron chi connectivity index (χ2n) is 24.4. The number of piperazine rings is 2. The van der Waals surface area contributed by atoms with Crippen LogP contribution in [-0.4, -0.2) is 193 Å². The highest BCUT2D eigenvalue weighted by Crippen LogP contribution is 2.31. The summed E-state index contributed by atoms with van der Waals surface area (Å²) < 4.78 is 31.5. The number of ether oxygens (including phenoxy) is 2. The van der Waals surface area contributed by atoms with Gasteiger partial charge >= 0.3 is 11.9 Å². The number of para-hydroxylation sites is 1. The number of nitrogens with one attached hydrogen (secondary N) is 9. The Labute approximate surface area is 595 Å². The lowest BCUT2D eigenvalue weighted by Gasteiger charge is -2.27. The van der Waals surface area contributed by atoms with E-state index in [2.05, 4.69) is 91.5 Å². The number of rotatable bonds is 18. The fraction of sp³-hybridized carbons (Fsp3) is 0.275. The SMILES string of the molecule is CCOC(=O)c1ccc2nc(CNc3nc(N4CCNCC4)nc4c3ncn4-c3ccoc3)[nH]c2c1.COC(=O)c1cccc2[nH]c(CNc3nc(N4CCNCC4)nc4c3ncn4-c3ccoc3)nc12.Clc1ccc2nc(CNc3nc(N4CCCNCC4)nc4c3ncn4-c3ccoc3)[nH]c2c1. The van der Waals surface area contributed by atoms with Crippen LogP contribution in [0.2, 0.25) is 5.02 Å². The van der Waals surface area contributed by atoms with Crippen LogP contribution in [0.3, 0.4) is 0 Å². The Balaban J connectivity index is 0.000000120. The first-order valence-corrected chi connectivity index (χ1v) is 34.3. The predicted octanol–water partition coefficient (Wildman–Crippen LogP) is 7.93. The van der Waals surface area contributed by atoms with E-state index >= 15 is 0 Å². The highest BCUT2D eigenvalue weighted by molar-refractivity contribution is 6.31. The molecule has 104 heavy (non-hydrogen) atoms. The lowest BCUT2D eigenvalue weighted by molar-refractivity contribution is 0.0525. The standard InChI is InChI=1S/C24H25N9O3.C23H23N9O3.C22H22ClN9O/c1-2-36-23(34)15-3-4-17-18(11-15)29-19(28-17)12-26-21-20-22(33(14-27-20)16-5-10-35-13-16)31-24(30-21)32-8-6-25-7-9-32;1-34-22(33)15-3-2-4-16-18(15)28-17(27-16)11-25-20-19-21(32(13-26-19)14-5-10-35-12-14)30-23(29-20)31-8-6-24-7-9-31;23-14-2-3-16-17(10-14)28-18(27-16)11-25-20-19-21(32(13-26-19)15-4-9-33-12-15)30-22(29-20)31-7-1-5-24-6-8-31/h3-5,10-11,13-14,25H,2,6-9,12H2,1H3,(H,28,29)(H,26,30,31);2-5,10,12-13,24H,6-9,11H2,1H3,(H,27,28)(H,25,29,30);2-4,9-10,12-13,24H,1,5-8,11H2,(H,27,28)(H,25,29,30). The van der Waals surface area contributed by atoms with Crippen molar-refractivity contribution in [3.05, 3.63) is 163 Å². The van der Waals surface area contributed by atoms with Gasteiger partial charge in [0.25, 0.3) is 0 Å². The molecule has 0 amide bonds. The largest absolute Gasteiger partial charge is 0.470 e. The van der Waals surface area contributed by atoms with Crippen LogP contribution in [-0.2, 0) is 29.1 Å². The van der Waals surface area contributed by atoms with Gasteiger partial charge in [0.2, 0.25) is 17.8 Å². The molecular weight excluding hydrogens is 1350 g/mol. The van der Waals surface area contributed by atoms with Crippen molar-refractivity contribution in [2.24, 2.45) is 0 Å². The molecule has 3 aliphatic rings. The van der Waals surface area contributed by atoms with Crippen molar-refractivity contribution in [1.29, 1.82) is 0 Å². The van der Waals surface area contributed by atoms with Gasteiger partial charge in [0.1, 0.15) is 60.8 Å². The van der Waals surface area contributed by atoms with Gasteiger partial charge in [0.15, 0.2) is 50.9 Å². The molecule has 15 aromatic rings. The topological polar surface area (TPSA) is 391 Å². The first-order valence-electron chi connectivity index (χ1n) is 33.9. The molecule has 15 heterocycles. The van der Waals surface area contributed by atoms with Crippen LogP contribution in [0.25, 0.3) is 83.7 Å². The summed E-state index contributed by atoms with van der Waals surface area (Å²) in [4.78, 5) is 97.3. The van der Waals surface area contributed by atoms with Crippen LogP contribution in [0, 0.1) is 0 Å². The summed E-state index contributed by atoms with van der Waals surface area (Å²) in [5.74, 6) is 5.18. The molecule has 18 rings (SSSR count). The van der Waals surface area contributed by atoms with Crippen LogP contribution in [0.5, 0.6) is 0 Å². The van der Waals surface area contributed by atoms with Crippen LogP contribution in [0.15, 0.2) is 143 Å². The van der Waals surface area contributed by atoms with Crippen LogP contribution in [0.4, 0.5) is 35.3 Å². The Kier molecular flexibility index (Phi) is 18.8. The van der Waals surface area contributed by atoms with E-state index in [4.69, 9.17) is 64.2 Å². The minimum absolute atomic E-state index is 0.328. The number of furan rings is 3. The minimum Gasteiger partial charge on any atom is -0.470 e. The summed E-state index contributed by atoms with van der Waals surface area (Å²) >= 11 is 6.11. The van der Waals surface area contributed by atoms with Crippen LogP contribution < -0.4 is 46.6 Å². The highest BCUT2D eigenvalue weighted by Gasteiger charge is 2.25. The van der Waals surface area contributed by atoms with Crippen molar-refractivity contribution in [3.8, 4) is 17.1 Å². The number of hydrogen-bond acceptors (Lipinski definition) is 28. The second kappa shape index (κ2) is 29.6. The maximum absolute atomic E-state index is 12.1. The van der Waals surface area contributed by atoms with E-state index in [0.717, 1.165) is 141 Å². The number of aromatic amines is 3. The first-order chi connectivity index (χ1) is 51.1. The number of nitrogens with zero attached hydrogens (tertiary/aromatic N) is 18. The number of fused-ring (bicyclic) bond motifs is 6. The van der Waals surface area contributed by atoms with Crippen molar-refractivity contribution < 1.29 is 32.3 Å². The van der Waals surface area contributed by atoms with Gasteiger partial charge < -0.3 is 84.3 Å². The Morgan fingerprint density at radius 2 is 0.942 bits per heavy atom. The number of H-pyrrole nitrogens is 3. The molecule has 9 N–H and O–H groups in total. The number of anilines is 6. The number of halogens is 1. The third kappa shape index (κ3) is 13.9. The number of carbonyl (C=O) groups is 2. The maximum Gasteiger partial charge on any atom is 0.340 e. The monoisotopic (exact) mass is 1420 g/mol. The molecule has 3 aliphatic heterocycles. The third-order valence-electron chi connectivity index (χ3n) is 17.7. The fourth-order valence-corrected chi connectivity index (χ4v) is 12.7. The van der Waals surface area contributed by atoms with Crippen LogP contribution >= 0.6 is 11.6 Å². The molecule has 530 valence electrons. The zero-order chi connectivity index (χ0) is 70.5. The Morgan fingerprint density at radius 3 is 1.41 bits per heavy atom. The number of methoxy groups -OCH3 is 1. The van der Waals surface area contributed by atoms with E-state index in [-0.39, 0.29) is 5.97 Å². The molecule has 0 radical (unpaired) electrons. The maximum atomic E-state index is 12.1. The molecule has 0 aliphatic carbocycles. The van der Waals surface area contributed by atoms with Crippen molar-refractivity contribution in [2.45, 2.75) is 33.0 Å². The molecule has 3 aromatic carbocycles. The molecule has 0 saturated carbocycles. The van der Waals surface area contributed by atoms with Crippen LogP contribution in [0.1, 0.15) is 51.5 Å². The predicted molar refractivity (Wildman–Crippen MR) is 389 cm³/mol. The number of benzene rings is 3. The van der Waals surface area contributed by atoms with Gasteiger partial charge in [0, 0.05) is 95.2 Å². The minimum atomic E-state index is -0.426. The molecule has 34 nitrogen and oxygen atoms in total. The van der Waals surface area contributed by atoms with Gasteiger partial charge in [-0.1, -0.05) is 17.7 Å². The summed E-state index contributed by atoms with van der Waals surface area (Å²) in [6, 6.07) is 21.8. The molecule has 0 spiro atoms. The van der Waals surface area contributed by atoms with E-state index in [1.54, 1.807) is 93.8 Å². The Bertz CT molecular complexity index is 5490. The number of hydrogen-bond donors (Lipinski definition) is 9. The van der Waals surface area contributed by atoms with Gasteiger partial charge in [-0.2, -0.15) is 29.9 Å². The number of aromatic nitrogens is 18. The van der Waals surface area contributed by atoms with Gasteiger partial charge in [-0.25, -0.2) is 39.5 Å². The third-order valence-corrected chi connectivity index (χ3v) is 17.9. The summed E-state index contributed by atoms with van der Waals surface area (Å²) in [6.45, 7) is 13.7. The van der Waals surface area contributed by atoms with Crippen molar-refractivity contribution in [2.75, 3.05) is 123 Å². The zero-order valence-electron chi connectivity index (χ0n) is 56.4. The average Bonchev–Trinajstić information content (AvgIpc) is 1.64. The Hall–Kier alpha value is -12.5. The summed E-state index contributed by atoms with van der Waals surface area (Å²) in [5.41, 5.74) is 12.1. The molecule has 0 unspecified atom stereocenters. The lowest BCUT2D eigenvalue weighted by Crippen LogP contribution is -2.44. The highest BCUT2D eigenvalue weighted by atomic mass is 35.5. The normalized spacial score (nSPS) is 14.2. The van der Waals surface area contributed by atoms with Gasteiger partial charge in [-0.15, -0.1) is 0 Å². The van der Waals surface area contributed by atoms with E-state index < -0.39 is 5.97 Å². The zero-order valence-corrected chi connectivity index (χ0v) is 57.2. The summed E-state index contributed by atoms with van der Waals surface area (Å²) in [6.07, 6.45) is 16.0. The molecule has 12 aromatic heterocycles. The van der Waals surface area contributed by atoms with Crippen molar-refractivity contribution in [3.63, 3.8) is 0 Å². The Morgan fingerprint density at radius 1 is 0.490 bits per heavy atom. The molecule has 35 heteroatoms. The van der Waals surface area contributed by atoms with Crippen molar-refractivity contribution >= 4 is 125 Å². The molecule has 3 saturated heterocycles. The van der Waals surface area contributed by atoms with E-state index in [9.17, 15) is 9.59 Å². The van der Waals surface area contributed by atoms with E-state index in [1.807, 2.05) is 56.2 Å². The smallest absolute Gasteiger partial charge is 0.340 e. The summed E-state index contributed by atoms with van der Waals surface area (Å²) in [5, 5.41) is 21.0. The van der Waals surface area contributed by atoms with Crippen molar-refractivity contribution in [1.82, 2.24) is 104 Å². The molecule has 3 fully saturated rings. The molecule has 0 atom stereocenters. The molecular formula is C69H70ClN27O7. The van der Waals surface area contributed by atoms with Gasteiger partial charge in [-0.05, 0) is 68.4 Å². The first kappa shape index (κ1) is 66.0. The van der Waals surface area contributed by atoms with E-state index in [0.29, 0.717) is 123 Å². The lowest BCUT2D eigenvalue weighted by atomic mass is 10.2. The van der Waals surface area contributed by atoms with E-state index in [1.165, 1.54) is 7.11 Å². The number of carbonyl (C=O) groups excluding carboxylic acids is 2. The average molecular weight is 1420 g/mol. The molecule has 0 bridgehead atoms. The number of esters is 2. The summed E-state index contributed by atoms with van der Waals surface area (Å²) in [7, 11) is 1.36. The fourth-order valence-electron chi connectivity index (χ4n) is 12.5. The van der Waals surface area contributed by atoms with Gasteiger partial charge in [-0.3, -0.25) is 13.7 Å². The second-order valence-corrected chi connectivity index (χ2v) is 24.8. The quantitative estimate of drug-likeness (QED) is 0.0368. The number of imidazole rings is 6.